The van der Waals surface area contributed by atoms with E-state index >= 15 is 0 Å². The number of esters is 1. The lowest BCUT2D eigenvalue weighted by atomic mass is 10.2. The third kappa shape index (κ3) is 2.95. The Bertz CT molecular complexity index is 377. The minimum atomic E-state index is -0.687. The number of halogens is 1. The van der Waals surface area contributed by atoms with E-state index in [4.69, 9.17) is 4.74 Å². The predicted octanol–water partition coefficient (Wildman–Crippen LogP) is 2.79. The molecule has 1 aromatic carbocycles. The molecular formula is C12H15FO3. The maximum Gasteiger partial charge on any atom is 0.340 e. The van der Waals surface area contributed by atoms with Crippen LogP contribution in [0.3, 0.4) is 0 Å². The first kappa shape index (κ1) is 12.5. The molecule has 16 heavy (non-hydrogen) atoms. The van der Waals surface area contributed by atoms with E-state index in [2.05, 4.69) is 4.74 Å². The molecule has 0 aliphatic rings. The molecule has 1 atom stereocenters. The number of hydrogen-bond acceptors (Lipinski definition) is 3. The summed E-state index contributed by atoms with van der Waals surface area (Å²) in [5.74, 6) is -0.903. The molecule has 1 rings (SSSR count). The van der Waals surface area contributed by atoms with Crippen molar-refractivity contribution in [1.29, 1.82) is 0 Å². The van der Waals surface area contributed by atoms with Gasteiger partial charge in [0.25, 0.3) is 0 Å². The Morgan fingerprint density at radius 1 is 1.50 bits per heavy atom. The summed E-state index contributed by atoms with van der Waals surface area (Å²) >= 11 is 0. The van der Waals surface area contributed by atoms with E-state index in [9.17, 15) is 9.18 Å². The zero-order valence-corrected chi connectivity index (χ0v) is 9.62. The largest absolute Gasteiger partial charge is 0.491 e. The van der Waals surface area contributed by atoms with Gasteiger partial charge in [-0.1, -0.05) is 6.92 Å². The standard InChI is InChI=1S/C12H15FO3/c1-4-8(2)16-9-5-6-10(11(13)7-9)12(14)15-3/h5-8H,4H2,1-3H3. The molecule has 4 heteroatoms. The molecule has 0 heterocycles. The van der Waals surface area contributed by atoms with Crippen molar-refractivity contribution in [2.24, 2.45) is 0 Å². The highest BCUT2D eigenvalue weighted by molar-refractivity contribution is 5.89. The van der Waals surface area contributed by atoms with Crippen molar-refractivity contribution in [3.8, 4) is 5.75 Å². The van der Waals surface area contributed by atoms with Gasteiger partial charge in [-0.05, 0) is 25.5 Å². The smallest absolute Gasteiger partial charge is 0.340 e. The Labute approximate surface area is 94.2 Å². The summed E-state index contributed by atoms with van der Waals surface area (Å²) in [6.45, 7) is 3.87. The van der Waals surface area contributed by atoms with Crippen molar-refractivity contribution in [3.63, 3.8) is 0 Å². The molecular weight excluding hydrogens is 211 g/mol. The maximum absolute atomic E-state index is 13.5. The van der Waals surface area contributed by atoms with Crippen LogP contribution in [0.15, 0.2) is 18.2 Å². The third-order valence-corrected chi connectivity index (χ3v) is 2.26. The molecule has 0 aromatic heterocycles. The van der Waals surface area contributed by atoms with E-state index in [0.29, 0.717) is 5.75 Å². The number of benzene rings is 1. The molecule has 0 aliphatic heterocycles. The molecule has 0 aliphatic carbocycles. The number of rotatable bonds is 4. The van der Waals surface area contributed by atoms with Crippen LogP contribution in [0.1, 0.15) is 30.6 Å². The Kier molecular flexibility index (Phi) is 4.28. The van der Waals surface area contributed by atoms with E-state index < -0.39 is 11.8 Å². The Morgan fingerprint density at radius 3 is 2.69 bits per heavy atom. The SMILES string of the molecule is CCC(C)Oc1ccc(C(=O)OC)c(F)c1. The van der Waals surface area contributed by atoms with E-state index in [0.717, 1.165) is 6.42 Å². The summed E-state index contributed by atoms with van der Waals surface area (Å²) in [6.07, 6.45) is 0.851. The highest BCUT2D eigenvalue weighted by Gasteiger charge is 2.13. The van der Waals surface area contributed by atoms with Crippen LogP contribution in [0.5, 0.6) is 5.75 Å². The highest BCUT2D eigenvalue weighted by atomic mass is 19.1. The quantitative estimate of drug-likeness (QED) is 0.740. The van der Waals surface area contributed by atoms with E-state index in [1.54, 1.807) is 6.07 Å². The van der Waals surface area contributed by atoms with Gasteiger partial charge >= 0.3 is 5.97 Å². The monoisotopic (exact) mass is 226 g/mol. The van der Waals surface area contributed by atoms with E-state index in [-0.39, 0.29) is 11.7 Å². The Hall–Kier alpha value is -1.58. The Balaban J connectivity index is 2.86. The topological polar surface area (TPSA) is 35.5 Å². The number of carbonyl (C=O) groups is 1. The molecule has 0 fully saturated rings. The van der Waals surface area contributed by atoms with E-state index in [1.165, 1.54) is 19.2 Å². The van der Waals surface area contributed by atoms with Gasteiger partial charge in [0, 0.05) is 6.07 Å². The van der Waals surface area contributed by atoms with Crippen molar-refractivity contribution >= 4 is 5.97 Å². The Morgan fingerprint density at radius 2 is 2.19 bits per heavy atom. The summed E-state index contributed by atoms with van der Waals surface area (Å²) in [6, 6.07) is 4.11. The summed E-state index contributed by atoms with van der Waals surface area (Å²) in [5.41, 5.74) is -0.0843. The van der Waals surface area contributed by atoms with Crippen molar-refractivity contribution in [2.75, 3.05) is 7.11 Å². The lowest BCUT2D eigenvalue weighted by Crippen LogP contribution is -2.11. The molecule has 0 saturated heterocycles. The zero-order chi connectivity index (χ0) is 12.1. The predicted molar refractivity (Wildman–Crippen MR) is 58.1 cm³/mol. The molecule has 1 unspecified atom stereocenters. The molecule has 1 aromatic rings. The fraction of sp³-hybridized carbons (Fsp3) is 0.417. The average molecular weight is 226 g/mol. The van der Waals surface area contributed by atoms with Crippen molar-refractivity contribution in [2.45, 2.75) is 26.4 Å². The van der Waals surface area contributed by atoms with Gasteiger partial charge in [-0.15, -0.1) is 0 Å². The summed E-state index contributed by atoms with van der Waals surface area (Å²) in [7, 11) is 1.21. The van der Waals surface area contributed by atoms with Crippen LogP contribution in [0.2, 0.25) is 0 Å². The lowest BCUT2D eigenvalue weighted by molar-refractivity contribution is 0.0595. The van der Waals surface area contributed by atoms with E-state index in [1.807, 2.05) is 13.8 Å². The van der Waals surface area contributed by atoms with Crippen LogP contribution in [0.4, 0.5) is 4.39 Å². The van der Waals surface area contributed by atoms with Crippen LogP contribution in [-0.4, -0.2) is 19.2 Å². The second kappa shape index (κ2) is 5.49. The first-order chi connectivity index (χ1) is 7.58. The molecule has 0 bridgehead atoms. The molecule has 0 radical (unpaired) electrons. The van der Waals surface area contributed by atoms with Gasteiger partial charge in [-0.2, -0.15) is 0 Å². The van der Waals surface area contributed by atoms with Crippen LogP contribution >= 0.6 is 0 Å². The second-order valence-corrected chi connectivity index (χ2v) is 3.47. The maximum atomic E-state index is 13.5. The average Bonchev–Trinajstić information content (AvgIpc) is 2.28. The van der Waals surface area contributed by atoms with Crippen LogP contribution in [0, 0.1) is 5.82 Å². The van der Waals surface area contributed by atoms with Gasteiger partial charge in [0.2, 0.25) is 0 Å². The minimum Gasteiger partial charge on any atom is -0.491 e. The van der Waals surface area contributed by atoms with Crippen LogP contribution in [0.25, 0.3) is 0 Å². The number of methoxy groups -OCH3 is 1. The van der Waals surface area contributed by atoms with Crippen molar-refractivity contribution in [3.05, 3.63) is 29.6 Å². The fourth-order valence-corrected chi connectivity index (χ4v) is 1.16. The first-order valence-electron chi connectivity index (χ1n) is 5.13. The number of carbonyl (C=O) groups excluding carboxylic acids is 1. The van der Waals surface area contributed by atoms with Crippen molar-refractivity contribution in [1.82, 2.24) is 0 Å². The summed E-state index contributed by atoms with van der Waals surface area (Å²) in [5, 5.41) is 0. The third-order valence-electron chi connectivity index (χ3n) is 2.26. The normalized spacial score (nSPS) is 12.0. The molecule has 88 valence electrons. The lowest BCUT2D eigenvalue weighted by Gasteiger charge is -2.12. The van der Waals surface area contributed by atoms with Gasteiger partial charge in [0.05, 0.1) is 18.8 Å². The van der Waals surface area contributed by atoms with Gasteiger partial charge < -0.3 is 9.47 Å². The molecule has 0 amide bonds. The zero-order valence-electron chi connectivity index (χ0n) is 9.62. The molecule has 0 saturated carbocycles. The summed E-state index contributed by atoms with van der Waals surface area (Å²) in [4.78, 5) is 11.1. The van der Waals surface area contributed by atoms with Crippen molar-refractivity contribution < 1.29 is 18.7 Å². The molecule has 0 spiro atoms. The second-order valence-electron chi connectivity index (χ2n) is 3.47. The first-order valence-corrected chi connectivity index (χ1v) is 5.13. The summed E-state index contributed by atoms with van der Waals surface area (Å²) < 4.78 is 23.3. The number of hydrogen-bond donors (Lipinski definition) is 0. The van der Waals surface area contributed by atoms with Crippen LogP contribution < -0.4 is 4.74 Å². The fourth-order valence-electron chi connectivity index (χ4n) is 1.16. The van der Waals surface area contributed by atoms with Gasteiger partial charge in [-0.25, -0.2) is 9.18 Å². The molecule has 0 N–H and O–H groups in total. The number of ether oxygens (including phenoxy) is 2. The van der Waals surface area contributed by atoms with Gasteiger partial charge in [0.15, 0.2) is 0 Å². The van der Waals surface area contributed by atoms with Gasteiger partial charge in [0.1, 0.15) is 11.6 Å². The highest BCUT2D eigenvalue weighted by Crippen LogP contribution is 2.19. The van der Waals surface area contributed by atoms with Gasteiger partial charge in [-0.3, -0.25) is 0 Å². The molecule has 3 nitrogen and oxygen atoms in total. The van der Waals surface area contributed by atoms with Crippen LogP contribution in [-0.2, 0) is 4.74 Å². The minimum absolute atomic E-state index is 0.0170.